The number of ketones is 1. The van der Waals surface area contributed by atoms with Gasteiger partial charge < -0.3 is 15.2 Å². The van der Waals surface area contributed by atoms with Crippen LogP contribution in [0.5, 0.6) is 0 Å². The van der Waals surface area contributed by atoms with Crippen LogP contribution in [0.1, 0.15) is 45.7 Å². The topological polar surface area (TPSA) is 98.9 Å². The largest absolute Gasteiger partial charge is 0.464 e. The first-order chi connectivity index (χ1) is 18.0. The summed E-state index contributed by atoms with van der Waals surface area (Å²) in [4.78, 5) is 42.9. The molecule has 0 fully saturated rings. The van der Waals surface area contributed by atoms with Crippen LogP contribution in [0, 0.1) is 0 Å². The van der Waals surface area contributed by atoms with Gasteiger partial charge >= 0.3 is 12.1 Å². The zero-order chi connectivity index (χ0) is 27.9. The van der Waals surface area contributed by atoms with E-state index in [1.807, 2.05) is 72.8 Å². The Bertz CT molecular complexity index is 1230. The predicted octanol–water partition coefficient (Wildman–Crippen LogP) is 5.47. The summed E-state index contributed by atoms with van der Waals surface area (Å²) in [5, 5.41) is 0. The summed E-state index contributed by atoms with van der Waals surface area (Å²) < 4.78 is 11.2. The number of nitrogens with zero attached hydrogens (tertiary/aromatic N) is 1. The number of hydrogen-bond donors (Lipinski definition) is 1. The lowest BCUT2D eigenvalue weighted by molar-refractivity contribution is -0.164. The maximum Gasteiger partial charge on any atom is 0.412 e. The molecule has 0 aromatic heterocycles. The normalized spacial score (nSPS) is 13.6. The molecule has 0 aliphatic heterocycles. The highest BCUT2D eigenvalue weighted by atomic mass is 16.6. The van der Waals surface area contributed by atoms with Gasteiger partial charge in [-0.25, -0.2) is 9.59 Å². The second-order valence-electron chi connectivity index (χ2n) is 10.1. The molecule has 0 bridgehead atoms. The summed E-state index contributed by atoms with van der Waals surface area (Å²) in [7, 11) is 0. The molecule has 38 heavy (non-hydrogen) atoms. The summed E-state index contributed by atoms with van der Waals surface area (Å²) >= 11 is 0. The van der Waals surface area contributed by atoms with Crippen LogP contribution in [0.3, 0.4) is 0 Å². The summed E-state index contributed by atoms with van der Waals surface area (Å²) in [5.41, 5.74) is 5.88. The summed E-state index contributed by atoms with van der Waals surface area (Å²) in [5.74, 6) is -1.57. The molecule has 2 atom stereocenters. The van der Waals surface area contributed by atoms with Crippen molar-refractivity contribution in [3.63, 3.8) is 0 Å². The van der Waals surface area contributed by atoms with E-state index in [2.05, 4.69) is 0 Å². The number of hydrogen-bond acceptors (Lipinski definition) is 6. The zero-order valence-electron chi connectivity index (χ0n) is 22.6. The minimum absolute atomic E-state index is 0.00239. The average molecular weight is 517 g/mol. The molecule has 7 nitrogen and oxygen atoms in total. The molecule has 0 heterocycles. The molecule has 0 radical (unpaired) electrons. The number of Topliss-reactive ketones (excluding diaryl/α,β-unsaturated/α-hetero) is 1. The van der Waals surface area contributed by atoms with Crippen molar-refractivity contribution in [2.75, 3.05) is 6.61 Å². The van der Waals surface area contributed by atoms with Gasteiger partial charge in [-0.15, -0.1) is 0 Å². The maximum absolute atomic E-state index is 14.1. The van der Waals surface area contributed by atoms with Crippen molar-refractivity contribution in [3.05, 3.63) is 96.1 Å². The van der Waals surface area contributed by atoms with Gasteiger partial charge in [-0.1, -0.05) is 84.9 Å². The molecule has 2 N–H and O–H groups in total. The number of benzene rings is 3. The van der Waals surface area contributed by atoms with Gasteiger partial charge in [0.05, 0.1) is 19.2 Å². The first kappa shape index (κ1) is 28.6. The Labute approximate surface area is 224 Å². The van der Waals surface area contributed by atoms with E-state index >= 15 is 0 Å². The number of nitrogens with two attached hydrogens (primary N) is 1. The first-order valence-corrected chi connectivity index (χ1v) is 12.7. The average Bonchev–Trinajstić information content (AvgIpc) is 2.89. The van der Waals surface area contributed by atoms with Gasteiger partial charge in [-0.3, -0.25) is 9.69 Å². The Balaban J connectivity index is 2.29. The molecule has 0 spiro atoms. The second-order valence-corrected chi connectivity index (χ2v) is 10.1. The van der Waals surface area contributed by atoms with Gasteiger partial charge in [0.1, 0.15) is 5.60 Å². The van der Waals surface area contributed by atoms with E-state index in [1.54, 1.807) is 39.8 Å². The van der Waals surface area contributed by atoms with Crippen LogP contribution in [0.25, 0.3) is 11.1 Å². The predicted molar refractivity (Wildman–Crippen MR) is 147 cm³/mol. The SMILES string of the molecule is CCOC(=O)[C@@](C(=O)[C@H](C)N)(c1ccc(-c2ccccc2)cc1)N(Cc1ccccc1)C(=O)OC(C)(C)C. The number of ether oxygens (including phenoxy) is 2. The molecule has 1 amide bonds. The fraction of sp³-hybridized carbons (Fsp3) is 0.323. The van der Waals surface area contributed by atoms with Crippen molar-refractivity contribution >= 4 is 17.8 Å². The van der Waals surface area contributed by atoms with E-state index in [9.17, 15) is 14.4 Å². The van der Waals surface area contributed by atoms with Gasteiger partial charge in [0.25, 0.3) is 0 Å². The molecule has 3 rings (SSSR count). The van der Waals surface area contributed by atoms with Crippen molar-refractivity contribution in [1.82, 2.24) is 4.90 Å². The number of rotatable bonds is 9. The molecule has 0 aliphatic carbocycles. The minimum Gasteiger partial charge on any atom is -0.464 e. The number of amides is 1. The van der Waals surface area contributed by atoms with E-state index in [1.165, 1.54) is 6.92 Å². The molecule has 0 aliphatic rings. The Morgan fingerprint density at radius 3 is 1.87 bits per heavy atom. The highest BCUT2D eigenvalue weighted by Gasteiger charge is 2.57. The number of esters is 1. The molecule has 3 aromatic carbocycles. The lowest BCUT2D eigenvalue weighted by atomic mass is 9.80. The standard InChI is InChI=1S/C31H36N2O5/c1-6-37-28(35)31(27(34)22(2)32,26-19-17-25(18-20-26)24-15-11-8-12-16-24)33(29(36)38-30(3,4)5)21-23-13-9-7-10-14-23/h7-20,22H,6,21,32H2,1-5H3/t22-,31-/m0/s1. The van der Waals surface area contributed by atoms with Crippen LogP contribution < -0.4 is 5.73 Å². The van der Waals surface area contributed by atoms with Crippen LogP contribution in [-0.2, 0) is 31.1 Å². The fourth-order valence-electron chi connectivity index (χ4n) is 4.26. The Hall–Kier alpha value is -3.97. The molecular weight excluding hydrogens is 480 g/mol. The number of carbonyl (C=O) groups excluding carboxylic acids is 3. The van der Waals surface area contributed by atoms with E-state index in [0.717, 1.165) is 16.0 Å². The molecule has 0 saturated carbocycles. The van der Waals surface area contributed by atoms with Crippen LogP contribution >= 0.6 is 0 Å². The second kappa shape index (κ2) is 12.0. The molecule has 0 unspecified atom stereocenters. The third-order valence-electron chi connectivity index (χ3n) is 5.95. The van der Waals surface area contributed by atoms with Crippen molar-refractivity contribution in [1.29, 1.82) is 0 Å². The third-order valence-corrected chi connectivity index (χ3v) is 5.95. The smallest absolute Gasteiger partial charge is 0.412 e. The van der Waals surface area contributed by atoms with Crippen molar-refractivity contribution in [2.24, 2.45) is 5.73 Å². The van der Waals surface area contributed by atoms with Crippen molar-refractivity contribution < 1.29 is 23.9 Å². The lowest BCUT2D eigenvalue weighted by Crippen LogP contribution is -2.63. The van der Waals surface area contributed by atoms with Crippen LogP contribution in [0.4, 0.5) is 4.79 Å². The third kappa shape index (κ3) is 6.29. The van der Waals surface area contributed by atoms with Crippen LogP contribution in [0.15, 0.2) is 84.9 Å². The summed E-state index contributed by atoms with van der Waals surface area (Å²) in [6.07, 6.45) is -0.837. The van der Waals surface area contributed by atoms with Crippen molar-refractivity contribution in [3.8, 4) is 11.1 Å². The van der Waals surface area contributed by atoms with Gasteiger partial charge in [0.2, 0.25) is 5.54 Å². The van der Waals surface area contributed by atoms with Crippen LogP contribution in [0.2, 0.25) is 0 Å². The van der Waals surface area contributed by atoms with Crippen molar-refractivity contribution in [2.45, 2.75) is 58.3 Å². The zero-order valence-corrected chi connectivity index (χ0v) is 22.6. The van der Waals surface area contributed by atoms with Gasteiger partial charge in [-0.05, 0) is 56.9 Å². The Morgan fingerprint density at radius 2 is 1.37 bits per heavy atom. The molecule has 3 aromatic rings. The van der Waals surface area contributed by atoms with E-state index in [0.29, 0.717) is 5.56 Å². The quantitative estimate of drug-likeness (QED) is 0.299. The highest BCUT2D eigenvalue weighted by molar-refractivity contribution is 6.13. The highest BCUT2D eigenvalue weighted by Crippen LogP contribution is 2.37. The van der Waals surface area contributed by atoms with Gasteiger partial charge in [0, 0.05) is 0 Å². The van der Waals surface area contributed by atoms with Gasteiger partial charge in [-0.2, -0.15) is 0 Å². The number of carbonyl (C=O) groups is 3. The maximum atomic E-state index is 14.1. The molecule has 7 heteroatoms. The summed E-state index contributed by atoms with van der Waals surface area (Å²) in [6, 6.07) is 24.7. The van der Waals surface area contributed by atoms with Crippen LogP contribution in [-0.4, -0.2) is 41.0 Å². The molecular formula is C31H36N2O5. The van der Waals surface area contributed by atoms with E-state index in [4.69, 9.17) is 15.2 Å². The van der Waals surface area contributed by atoms with Gasteiger partial charge in [0.15, 0.2) is 5.78 Å². The Kier molecular flexibility index (Phi) is 9.07. The summed E-state index contributed by atoms with van der Waals surface area (Å²) in [6.45, 7) is 8.21. The first-order valence-electron chi connectivity index (χ1n) is 12.7. The monoisotopic (exact) mass is 516 g/mol. The molecule has 200 valence electrons. The minimum atomic E-state index is -2.18. The fourth-order valence-corrected chi connectivity index (χ4v) is 4.26. The van der Waals surface area contributed by atoms with E-state index in [-0.39, 0.29) is 18.7 Å². The molecule has 0 saturated heterocycles. The Morgan fingerprint density at radius 1 is 0.842 bits per heavy atom. The lowest BCUT2D eigenvalue weighted by Gasteiger charge is -2.42. The van der Waals surface area contributed by atoms with E-state index < -0.39 is 35.0 Å².